The molecule has 144 valence electrons. The van der Waals surface area contributed by atoms with E-state index in [-0.39, 0.29) is 11.8 Å². The predicted molar refractivity (Wildman–Crippen MR) is 109 cm³/mol. The van der Waals surface area contributed by atoms with Gasteiger partial charge in [0.15, 0.2) is 0 Å². The zero-order valence-electron chi connectivity index (χ0n) is 16.1. The van der Waals surface area contributed by atoms with E-state index in [4.69, 9.17) is 4.74 Å². The molecule has 2 aromatic rings. The van der Waals surface area contributed by atoms with E-state index in [1.165, 1.54) is 11.1 Å². The summed E-state index contributed by atoms with van der Waals surface area (Å²) in [6, 6.07) is 21.0. The molecule has 2 aromatic carbocycles. The van der Waals surface area contributed by atoms with Crippen molar-refractivity contribution in [3.63, 3.8) is 0 Å². The topological polar surface area (TPSA) is 50.4 Å². The van der Waals surface area contributed by atoms with Crippen molar-refractivity contribution >= 4 is 5.91 Å². The number of hydrogen-bond acceptors (Lipinski definition) is 3. The Morgan fingerprint density at radius 2 is 1.59 bits per heavy atom. The third-order valence-electron chi connectivity index (χ3n) is 5.59. The Morgan fingerprint density at radius 1 is 1.04 bits per heavy atom. The highest BCUT2D eigenvalue weighted by atomic mass is 16.5. The van der Waals surface area contributed by atoms with Crippen molar-refractivity contribution in [2.45, 2.75) is 25.2 Å². The molecule has 1 fully saturated rings. The maximum Gasteiger partial charge on any atom is 0.228 e. The van der Waals surface area contributed by atoms with Crippen LogP contribution in [0.1, 0.15) is 36.3 Å². The Balaban J connectivity index is 1.66. The molecule has 0 bridgehead atoms. The van der Waals surface area contributed by atoms with Gasteiger partial charge in [-0.1, -0.05) is 60.7 Å². The fourth-order valence-electron chi connectivity index (χ4n) is 4.03. The van der Waals surface area contributed by atoms with E-state index in [9.17, 15) is 4.79 Å². The first-order valence-corrected chi connectivity index (χ1v) is 9.83. The fourth-order valence-corrected chi connectivity index (χ4v) is 4.03. The molecule has 1 aliphatic rings. The first-order valence-electron chi connectivity index (χ1n) is 9.83. The maximum atomic E-state index is 12.9. The Morgan fingerprint density at radius 3 is 2.11 bits per heavy atom. The molecular formula is C23H30N2O2. The van der Waals surface area contributed by atoms with Gasteiger partial charge in [0.05, 0.1) is 12.0 Å². The Labute approximate surface area is 162 Å². The molecule has 4 heteroatoms. The van der Waals surface area contributed by atoms with E-state index < -0.39 is 5.41 Å². The van der Waals surface area contributed by atoms with Crippen LogP contribution in [0, 0.1) is 5.41 Å². The van der Waals surface area contributed by atoms with Gasteiger partial charge >= 0.3 is 0 Å². The molecule has 1 heterocycles. The summed E-state index contributed by atoms with van der Waals surface area (Å²) in [5.74, 6) is 0.407. The standard InChI is InChI=1S/C23H30N2O2/c1-27-18-23(13-16-24-17-14-23)22(26)25-15-12-21(19-8-4-2-5-9-19)20-10-6-3-7-11-20/h2-11,21,24H,12-18H2,1H3,(H,25,26). The van der Waals surface area contributed by atoms with Crippen molar-refractivity contribution in [1.29, 1.82) is 0 Å². The zero-order valence-corrected chi connectivity index (χ0v) is 16.1. The number of carbonyl (C=O) groups excluding carboxylic acids is 1. The van der Waals surface area contributed by atoms with Gasteiger partial charge in [0.25, 0.3) is 0 Å². The molecule has 2 N–H and O–H groups in total. The summed E-state index contributed by atoms with van der Waals surface area (Å²) >= 11 is 0. The van der Waals surface area contributed by atoms with E-state index in [0.717, 1.165) is 32.4 Å². The van der Waals surface area contributed by atoms with Crippen LogP contribution in [0.25, 0.3) is 0 Å². The molecule has 1 aliphatic heterocycles. The van der Waals surface area contributed by atoms with Crippen LogP contribution in [-0.2, 0) is 9.53 Å². The van der Waals surface area contributed by atoms with Gasteiger partial charge in [-0.15, -0.1) is 0 Å². The smallest absolute Gasteiger partial charge is 0.228 e. The zero-order chi connectivity index (χ0) is 19.0. The summed E-state index contributed by atoms with van der Waals surface area (Å²) in [4.78, 5) is 12.9. The van der Waals surface area contributed by atoms with Crippen LogP contribution in [0.2, 0.25) is 0 Å². The average molecular weight is 367 g/mol. The van der Waals surface area contributed by atoms with Gasteiger partial charge in [0.1, 0.15) is 0 Å². The van der Waals surface area contributed by atoms with Crippen LogP contribution in [0.5, 0.6) is 0 Å². The van der Waals surface area contributed by atoms with Gasteiger partial charge in [0.2, 0.25) is 5.91 Å². The monoisotopic (exact) mass is 366 g/mol. The number of ether oxygens (including phenoxy) is 1. The molecule has 0 saturated carbocycles. The molecule has 0 atom stereocenters. The molecule has 3 rings (SSSR count). The summed E-state index contributed by atoms with van der Waals surface area (Å²) < 4.78 is 5.38. The fraction of sp³-hybridized carbons (Fsp3) is 0.435. The van der Waals surface area contributed by atoms with Crippen LogP contribution in [0.15, 0.2) is 60.7 Å². The number of rotatable bonds is 8. The van der Waals surface area contributed by atoms with Crippen molar-refractivity contribution in [3.05, 3.63) is 71.8 Å². The van der Waals surface area contributed by atoms with Crippen molar-refractivity contribution < 1.29 is 9.53 Å². The summed E-state index contributed by atoms with van der Waals surface area (Å²) in [6.07, 6.45) is 2.53. The largest absolute Gasteiger partial charge is 0.384 e. The number of methoxy groups -OCH3 is 1. The number of carbonyl (C=O) groups is 1. The second kappa shape index (κ2) is 9.67. The van der Waals surface area contributed by atoms with Gasteiger partial charge in [0, 0.05) is 19.6 Å². The lowest BCUT2D eigenvalue weighted by Gasteiger charge is -2.35. The van der Waals surface area contributed by atoms with Crippen LogP contribution < -0.4 is 10.6 Å². The molecule has 0 aromatic heterocycles. The normalized spacial score (nSPS) is 16.2. The van der Waals surface area contributed by atoms with Gasteiger partial charge in [-0.25, -0.2) is 0 Å². The molecule has 0 unspecified atom stereocenters. The predicted octanol–water partition coefficient (Wildman–Crippen LogP) is 3.34. The van der Waals surface area contributed by atoms with E-state index in [1.807, 2.05) is 12.1 Å². The molecule has 27 heavy (non-hydrogen) atoms. The Bertz CT molecular complexity index is 652. The minimum Gasteiger partial charge on any atom is -0.384 e. The Kier molecular flexibility index (Phi) is 7.02. The van der Waals surface area contributed by atoms with Crippen molar-refractivity contribution in [3.8, 4) is 0 Å². The lowest BCUT2D eigenvalue weighted by molar-refractivity contribution is -0.136. The van der Waals surface area contributed by atoms with E-state index >= 15 is 0 Å². The maximum absolute atomic E-state index is 12.9. The quantitative estimate of drug-likeness (QED) is 0.753. The SMILES string of the molecule is COCC1(C(=O)NCCC(c2ccccc2)c2ccccc2)CCNCC1. The number of benzene rings is 2. The highest BCUT2D eigenvalue weighted by Crippen LogP contribution is 2.30. The second-order valence-corrected chi connectivity index (χ2v) is 7.38. The Hall–Kier alpha value is -2.17. The molecule has 1 saturated heterocycles. The lowest BCUT2D eigenvalue weighted by Crippen LogP contribution is -2.50. The molecule has 1 amide bonds. The van der Waals surface area contributed by atoms with Crippen LogP contribution in [-0.4, -0.2) is 39.3 Å². The highest BCUT2D eigenvalue weighted by Gasteiger charge is 2.39. The van der Waals surface area contributed by atoms with Crippen molar-refractivity contribution in [2.75, 3.05) is 33.4 Å². The van der Waals surface area contributed by atoms with E-state index in [2.05, 4.69) is 59.2 Å². The van der Waals surface area contributed by atoms with Gasteiger partial charge in [-0.3, -0.25) is 4.79 Å². The first kappa shape index (κ1) is 19.6. The third kappa shape index (κ3) is 4.96. The van der Waals surface area contributed by atoms with Crippen molar-refractivity contribution in [1.82, 2.24) is 10.6 Å². The number of piperidine rings is 1. The minimum absolute atomic E-state index is 0.130. The van der Waals surface area contributed by atoms with Crippen molar-refractivity contribution in [2.24, 2.45) is 5.41 Å². The van der Waals surface area contributed by atoms with E-state index in [1.54, 1.807) is 7.11 Å². The van der Waals surface area contributed by atoms with Crippen LogP contribution in [0.3, 0.4) is 0 Å². The van der Waals surface area contributed by atoms with Gasteiger partial charge in [-0.2, -0.15) is 0 Å². The molecular weight excluding hydrogens is 336 g/mol. The lowest BCUT2D eigenvalue weighted by atomic mass is 9.78. The molecule has 0 aliphatic carbocycles. The summed E-state index contributed by atoms with van der Waals surface area (Å²) in [5, 5.41) is 6.54. The third-order valence-corrected chi connectivity index (χ3v) is 5.59. The summed E-state index contributed by atoms with van der Waals surface area (Å²) in [7, 11) is 1.68. The summed E-state index contributed by atoms with van der Waals surface area (Å²) in [5.41, 5.74) is 2.17. The van der Waals surface area contributed by atoms with E-state index in [0.29, 0.717) is 13.2 Å². The molecule has 4 nitrogen and oxygen atoms in total. The first-order chi connectivity index (χ1) is 13.2. The second-order valence-electron chi connectivity index (χ2n) is 7.38. The van der Waals surface area contributed by atoms with Gasteiger partial charge < -0.3 is 15.4 Å². The van der Waals surface area contributed by atoms with Gasteiger partial charge in [-0.05, 0) is 43.5 Å². The molecule has 0 spiro atoms. The van der Waals surface area contributed by atoms with Crippen LogP contribution in [0.4, 0.5) is 0 Å². The number of nitrogens with one attached hydrogen (secondary N) is 2. The highest BCUT2D eigenvalue weighted by molar-refractivity contribution is 5.83. The minimum atomic E-state index is -0.394. The number of hydrogen-bond donors (Lipinski definition) is 2. The summed E-state index contributed by atoms with van der Waals surface area (Å²) in [6.45, 7) is 2.88. The van der Waals surface area contributed by atoms with Crippen LogP contribution >= 0.6 is 0 Å². The number of amides is 1. The molecule has 0 radical (unpaired) electrons. The average Bonchev–Trinajstić information content (AvgIpc) is 2.73.